The third-order valence-electron chi connectivity index (χ3n) is 1.78. The van der Waals surface area contributed by atoms with Crippen LogP contribution in [0.2, 0.25) is 0 Å². The van der Waals surface area contributed by atoms with E-state index in [0.29, 0.717) is 12.2 Å². The molecule has 78 valence electrons. The molecule has 0 unspecified atom stereocenters. The Bertz CT molecular complexity index is 324. The number of aliphatic hydroxyl groups is 1. The molecule has 0 aliphatic rings. The maximum Gasteiger partial charge on any atom is 0.218 e. The minimum atomic E-state index is -0.311. The van der Waals surface area contributed by atoms with Crippen LogP contribution in [0.5, 0.6) is 0 Å². The molecule has 0 fully saturated rings. The molecule has 0 saturated carbocycles. The van der Waals surface area contributed by atoms with Crippen molar-refractivity contribution < 1.29 is 9.90 Å². The molecule has 1 heterocycles. The second-order valence-electron chi connectivity index (χ2n) is 2.81. The van der Waals surface area contributed by atoms with Gasteiger partial charge in [0.25, 0.3) is 0 Å². The van der Waals surface area contributed by atoms with Gasteiger partial charge in [0.15, 0.2) is 5.16 Å². The molecule has 1 aromatic heterocycles. The molecule has 5 nitrogen and oxygen atoms in total. The van der Waals surface area contributed by atoms with Crippen molar-refractivity contribution >= 4 is 17.7 Å². The molecule has 0 atom stereocenters. The van der Waals surface area contributed by atoms with Crippen LogP contribution in [0.3, 0.4) is 0 Å². The Labute approximate surface area is 86.3 Å². The number of carbonyl (C=O) groups excluding carboxylic acids is 1. The van der Waals surface area contributed by atoms with Crippen LogP contribution in [0.25, 0.3) is 0 Å². The molecule has 0 spiro atoms. The number of amides is 1. The molecule has 6 heteroatoms. The Balaban J connectivity index is 2.50. The van der Waals surface area contributed by atoms with Crippen molar-refractivity contribution in [1.82, 2.24) is 9.55 Å². The van der Waals surface area contributed by atoms with Crippen molar-refractivity contribution in [2.24, 2.45) is 12.8 Å². The van der Waals surface area contributed by atoms with E-state index in [9.17, 15) is 4.79 Å². The summed E-state index contributed by atoms with van der Waals surface area (Å²) in [5.41, 5.74) is 5.76. The largest absolute Gasteiger partial charge is 0.390 e. The summed E-state index contributed by atoms with van der Waals surface area (Å²) >= 11 is 1.45. The van der Waals surface area contributed by atoms with Crippen LogP contribution in [0.4, 0.5) is 0 Å². The van der Waals surface area contributed by atoms with Gasteiger partial charge >= 0.3 is 0 Å². The summed E-state index contributed by atoms with van der Waals surface area (Å²) in [4.78, 5) is 14.6. The van der Waals surface area contributed by atoms with Gasteiger partial charge in [-0.15, -0.1) is 0 Å². The molecule has 1 aromatic rings. The lowest BCUT2D eigenvalue weighted by Crippen LogP contribution is -2.11. The minimum Gasteiger partial charge on any atom is -0.390 e. The van der Waals surface area contributed by atoms with Gasteiger partial charge in [0.2, 0.25) is 5.91 Å². The van der Waals surface area contributed by atoms with E-state index in [1.165, 1.54) is 11.8 Å². The van der Waals surface area contributed by atoms with Crippen molar-refractivity contribution in [3.8, 4) is 0 Å². The molecule has 0 aliphatic heterocycles. The third-order valence-corrected chi connectivity index (χ3v) is 2.83. The monoisotopic (exact) mass is 215 g/mol. The first-order chi connectivity index (χ1) is 6.65. The lowest BCUT2D eigenvalue weighted by Gasteiger charge is -2.02. The highest BCUT2D eigenvalue weighted by molar-refractivity contribution is 7.99. The zero-order valence-electron chi connectivity index (χ0n) is 7.93. The first-order valence-corrected chi connectivity index (χ1v) is 5.16. The second-order valence-corrected chi connectivity index (χ2v) is 3.88. The summed E-state index contributed by atoms with van der Waals surface area (Å²) in [6, 6.07) is 0. The van der Waals surface area contributed by atoms with Crippen molar-refractivity contribution in [2.75, 3.05) is 5.75 Å². The molecular weight excluding hydrogens is 202 g/mol. The first kappa shape index (κ1) is 11.1. The topological polar surface area (TPSA) is 81.1 Å². The van der Waals surface area contributed by atoms with Gasteiger partial charge in [-0.25, -0.2) is 4.98 Å². The fourth-order valence-corrected chi connectivity index (χ4v) is 1.87. The molecule has 0 aromatic carbocycles. The Hall–Kier alpha value is -1.01. The molecule has 14 heavy (non-hydrogen) atoms. The van der Waals surface area contributed by atoms with E-state index < -0.39 is 0 Å². The maximum atomic E-state index is 10.5. The average Bonchev–Trinajstić information content (AvgIpc) is 2.47. The van der Waals surface area contributed by atoms with Gasteiger partial charge in [0, 0.05) is 19.2 Å². The van der Waals surface area contributed by atoms with Gasteiger partial charge in [-0.1, -0.05) is 11.8 Å². The number of aromatic nitrogens is 2. The SMILES string of the molecule is Cn1c(CO)cnc1SCCC(N)=O. The quantitative estimate of drug-likeness (QED) is 0.671. The summed E-state index contributed by atoms with van der Waals surface area (Å²) in [6.07, 6.45) is 1.96. The number of nitrogens with zero attached hydrogens (tertiary/aromatic N) is 2. The molecular formula is C8H13N3O2S. The van der Waals surface area contributed by atoms with Crippen LogP contribution in [0, 0.1) is 0 Å². The smallest absolute Gasteiger partial charge is 0.218 e. The molecule has 1 amide bonds. The Morgan fingerprint density at radius 1 is 1.79 bits per heavy atom. The number of primary amides is 1. The number of nitrogens with two attached hydrogens (primary N) is 1. The summed E-state index contributed by atoms with van der Waals surface area (Å²) in [5, 5.41) is 9.69. The average molecular weight is 215 g/mol. The van der Waals surface area contributed by atoms with Crippen LogP contribution in [0.15, 0.2) is 11.4 Å². The zero-order valence-corrected chi connectivity index (χ0v) is 8.75. The maximum absolute atomic E-state index is 10.5. The van der Waals surface area contributed by atoms with E-state index in [1.807, 2.05) is 7.05 Å². The van der Waals surface area contributed by atoms with Crippen molar-refractivity contribution in [2.45, 2.75) is 18.2 Å². The van der Waals surface area contributed by atoms with E-state index in [4.69, 9.17) is 10.8 Å². The van der Waals surface area contributed by atoms with Crippen LogP contribution in [0.1, 0.15) is 12.1 Å². The molecule has 1 rings (SSSR count). The van der Waals surface area contributed by atoms with Gasteiger partial charge in [-0.3, -0.25) is 4.79 Å². The normalized spacial score (nSPS) is 10.4. The van der Waals surface area contributed by atoms with E-state index in [1.54, 1.807) is 10.8 Å². The Kier molecular flexibility index (Phi) is 3.97. The van der Waals surface area contributed by atoms with Gasteiger partial charge in [0.1, 0.15) is 0 Å². The van der Waals surface area contributed by atoms with Crippen LogP contribution in [-0.2, 0) is 18.4 Å². The van der Waals surface area contributed by atoms with Gasteiger partial charge in [-0.05, 0) is 0 Å². The standard InChI is InChI=1S/C8H13N3O2S/c1-11-6(5-12)4-10-8(11)14-3-2-7(9)13/h4,12H,2-3,5H2,1H3,(H2,9,13). The van der Waals surface area contributed by atoms with Crippen molar-refractivity contribution in [3.63, 3.8) is 0 Å². The highest BCUT2D eigenvalue weighted by Crippen LogP contribution is 2.17. The fourth-order valence-electron chi connectivity index (χ4n) is 0.950. The van der Waals surface area contributed by atoms with Crippen molar-refractivity contribution in [3.05, 3.63) is 11.9 Å². The van der Waals surface area contributed by atoms with Gasteiger partial charge in [-0.2, -0.15) is 0 Å². The van der Waals surface area contributed by atoms with E-state index in [-0.39, 0.29) is 12.5 Å². The minimum absolute atomic E-state index is 0.0279. The lowest BCUT2D eigenvalue weighted by molar-refractivity contribution is -0.117. The highest BCUT2D eigenvalue weighted by Gasteiger charge is 2.06. The molecule has 0 saturated heterocycles. The fraction of sp³-hybridized carbons (Fsp3) is 0.500. The summed E-state index contributed by atoms with van der Waals surface area (Å²) in [6.45, 7) is -0.0279. The van der Waals surface area contributed by atoms with Crippen molar-refractivity contribution in [1.29, 1.82) is 0 Å². The first-order valence-electron chi connectivity index (χ1n) is 4.17. The summed E-state index contributed by atoms with van der Waals surface area (Å²) < 4.78 is 1.80. The summed E-state index contributed by atoms with van der Waals surface area (Å²) in [7, 11) is 1.82. The third kappa shape index (κ3) is 2.74. The molecule has 3 N–H and O–H groups in total. The number of thioether (sulfide) groups is 1. The van der Waals surface area contributed by atoms with E-state index >= 15 is 0 Å². The lowest BCUT2D eigenvalue weighted by atomic mass is 10.5. The molecule has 0 aliphatic carbocycles. The van der Waals surface area contributed by atoms with E-state index in [2.05, 4.69) is 4.98 Å². The Morgan fingerprint density at radius 3 is 3.00 bits per heavy atom. The van der Waals surface area contributed by atoms with Gasteiger partial charge in [0.05, 0.1) is 18.5 Å². The zero-order chi connectivity index (χ0) is 10.6. The van der Waals surface area contributed by atoms with Crippen LogP contribution >= 0.6 is 11.8 Å². The molecule has 0 radical (unpaired) electrons. The number of carbonyl (C=O) groups is 1. The van der Waals surface area contributed by atoms with Crippen LogP contribution in [-0.4, -0.2) is 26.3 Å². The second kappa shape index (κ2) is 5.02. The Morgan fingerprint density at radius 2 is 2.50 bits per heavy atom. The predicted molar refractivity (Wildman–Crippen MR) is 53.7 cm³/mol. The highest BCUT2D eigenvalue weighted by atomic mass is 32.2. The molecule has 0 bridgehead atoms. The number of rotatable bonds is 5. The number of hydrogen-bond donors (Lipinski definition) is 2. The number of hydrogen-bond acceptors (Lipinski definition) is 4. The van der Waals surface area contributed by atoms with E-state index in [0.717, 1.165) is 10.9 Å². The predicted octanol–water partition coefficient (Wildman–Crippen LogP) is -0.120. The van der Waals surface area contributed by atoms with Crippen LogP contribution < -0.4 is 5.73 Å². The number of imidazole rings is 1. The summed E-state index contributed by atoms with van der Waals surface area (Å²) in [5.74, 6) is 0.305. The number of aliphatic hydroxyl groups excluding tert-OH is 1. The van der Waals surface area contributed by atoms with Gasteiger partial charge < -0.3 is 15.4 Å².